The maximum absolute atomic E-state index is 5.89. The number of benzene rings is 1. The first-order valence-corrected chi connectivity index (χ1v) is 6.90. The zero-order valence-electron chi connectivity index (χ0n) is 10.4. The first-order chi connectivity index (χ1) is 8.36. The van der Waals surface area contributed by atoms with Crippen molar-refractivity contribution in [3.8, 4) is 0 Å². The van der Waals surface area contributed by atoms with Gasteiger partial charge < -0.3 is 11.1 Å². The van der Waals surface area contributed by atoms with Gasteiger partial charge in [0.1, 0.15) is 0 Å². The van der Waals surface area contributed by atoms with Crippen molar-refractivity contribution in [2.75, 3.05) is 13.1 Å². The second-order valence-electron chi connectivity index (χ2n) is 5.58. The molecule has 3 N–H and O–H groups in total. The van der Waals surface area contributed by atoms with Crippen molar-refractivity contribution in [2.45, 2.75) is 37.6 Å². The van der Waals surface area contributed by atoms with E-state index in [-0.39, 0.29) is 0 Å². The fourth-order valence-corrected chi connectivity index (χ4v) is 2.41. The maximum atomic E-state index is 5.89. The molecule has 1 aromatic rings. The van der Waals surface area contributed by atoms with E-state index in [0.717, 1.165) is 18.4 Å². The molecule has 0 radical (unpaired) electrons. The van der Waals surface area contributed by atoms with Crippen LogP contribution in [0.5, 0.6) is 0 Å². The van der Waals surface area contributed by atoms with Crippen LogP contribution in [0.1, 0.15) is 48.8 Å². The third kappa shape index (κ3) is 2.88. The van der Waals surface area contributed by atoms with Crippen LogP contribution in [0.2, 0.25) is 0 Å². The third-order valence-corrected chi connectivity index (χ3v) is 3.95. The third-order valence-electron chi connectivity index (χ3n) is 3.95. The van der Waals surface area contributed by atoms with Gasteiger partial charge in [-0.2, -0.15) is 0 Å². The summed E-state index contributed by atoms with van der Waals surface area (Å²) in [6, 6.07) is 9.35. The van der Waals surface area contributed by atoms with Gasteiger partial charge in [0.15, 0.2) is 0 Å². The molecule has 2 fully saturated rings. The van der Waals surface area contributed by atoms with E-state index in [9.17, 15) is 0 Å². The topological polar surface area (TPSA) is 38.0 Å². The fraction of sp³-hybridized carbons (Fsp3) is 0.600. The van der Waals surface area contributed by atoms with Crippen molar-refractivity contribution < 1.29 is 0 Å². The average Bonchev–Trinajstić information content (AvgIpc) is 3.23. The Labute approximate surface area is 104 Å². The van der Waals surface area contributed by atoms with Crippen LogP contribution < -0.4 is 11.1 Å². The Bertz CT molecular complexity index is 380. The molecule has 92 valence electrons. The number of hydrogen-bond acceptors (Lipinski definition) is 2. The Morgan fingerprint density at radius 2 is 2.06 bits per heavy atom. The van der Waals surface area contributed by atoms with Crippen LogP contribution in [-0.4, -0.2) is 13.1 Å². The monoisotopic (exact) mass is 230 g/mol. The number of nitrogens with two attached hydrogens (primary N) is 1. The lowest BCUT2D eigenvalue weighted by Crippen LogP contribution is -2.29. The van der Waals surface area contributed by atoms with Crippen LogP contribution >= 0.6 is 0 Å². The molecule has 1 unspecified atom stereocenters. The zero-order valence-corrected chi connectivity index (χ0v) is 10.4. The van der Waals surface area contributed by atoms with Crippen molar-refractivity contribution in [2.24, 2.45) is 11.7 Å². The highest BCUT2D eigenvalue weighted by Gasteiger charge is 2.25. The van der Waals surface area contributed by atoms with Gasteiger partial charge in [-0.15, -0.1) is 0 Å². The van der Waals surface area contributed by atoms with Gasteiger partial charge in [-0.3, -0.25) is 0 Å². The molecule has 0 saturated heterocycles. The highest BCUT2D eigenvalue weighted by atomic mass is 14.9. The van der Waals surface area contributed by atoms with Crippen LogP contribution in [0, 0.1) is 5.92 Å². The summed E-state index contributed by atoms with van der Waals surface area (Å²) in [5.74, 6) is 1.74. The van der Waals surface area contributed by atoms with E-state index in [0.29, 0.717) is 12.6 Å². The second-order valence-corrected chi connectivity index (χ2v) is 5.58. The number of rotatable bonds is 6. The summed E-state index contributed by atoms with van der Waals surface area (Å²) in [4.78, 5) is 0. The first-order valence-electron chi connectivity index (χ1n) is 6.90. The SMILES string of the molecule is NCC(NCC1CC1)c1cccc(C2CC2)c1. The van der Waals surface area contributed by atoms with Crippen molar-refractivity contribution in [3.05, 3.63) is 35.4 Å². The molecule has 2 heteroatoms. The van der Waals surface area contributed by atoms with Gasteiger partial charge >= 0.3 is 0 Å². The van der Waals surface area contributed by atoms with Crippen LogP contribution in [0.4, 0.5) is 0 Å². The van der Waals surface area contributed by atoms with E-state index in [1.165, 1.54) is 36.8 Å². The Kier molecular flexibility index (Phi) is 3.17. The Morgan fingerprint density at radius 3 is 2.71 bits per heavy atom. The largest absolute Gasteiger partial charge is 0.329 e. The zero-order chi connectivity index (χ0) is 11.7. The first kappa shape index (κ1) is 11.2. The predicted octanol–water partition coefficient (Wildman–Crippen LogP) is 2.56. The predicted molar refractivity (Wildman–Crippen MR) is 70.9 cm³/mol. The lowest BCUT2D eigenvalue weighted by molar-refractivity contribution is 0.522. The smallest absolute Gasteiger partial charge is 0.0444 e. The quantitative estimate of drug-likeness (QED) is 0.788. The van der Waals surface area contributed by atoms with E-state index >= 15 is 0 Å². The maximum Gasteiger partial charge on any atom is 0.0444 e. The molecule has 2 nitrogen and oxygen atoms in total. The molecule has 2 aliphatic rings. The van der Waals surface area contributed by atoms with E-state index < -0.39 is 0 Å². The van der Waals surface area contributed by atoms with Gasteiger partial charge in [-0.25, -0.2) is 0 Å². The molecule has 17 heavy (non-hydrogen) atoms. The van der Waals surface area contributed by atoms with Gasteiger partial charge in [-0.1, -0.05) is 24.3 Å². The molecule has 3 rings (SSSR count). The van der Waals surface area contributed by atoms with Crippen LogP contribution in [0.15, 0.2) is 24.3 Å². The Hall–Kier alpha value is -0.860. The molecule has 2 aliphatic carbocycles. The molecule has 0 amide bonds. The van der Waals surface area contributed by atoms with Crippen LogP contribution in [0.25, 0.3) is 0 Å². The van der Waals surface area contributed by atoms with Gasteiger partial charge in [0, 0.05) is 12.6 Å². The summed E-state index contributed by atoms with van der Waals surface area (Å²) in [5, 5.41) is 3.61. The molecule has 0 heterocycles. The minimum absolute atomic E-state index is 0.342. The average molecular weight is 230 g/mol. The Balaban J connectivity index is 1.67. The summed E-state index contributed by atoms with van der Waals surface area (Å²) < 4.78 is 0. The standard InChI is InChI=1S/C15H22N2/c16-9-15(17-10-11-4-5-11)14-3-1-2-13(8-14)12-6-7-12/h1-3,8,11-12,15,17H,4-7,9-10,16H2. The van der Waals surface area contributed by atoms with E-state index in [2.05, 4.69) is 29.6 Å². The van der Waals surface area contributed by atoms with Crippen LogP contribution in [-0.2, 0) is 0 Å². The number of hydrogen-bond donors (Lipinski definition) is 2. The molecule has 0 bridgehead atoms. The summed E-state index contributed by atoms with van der Waals surface area (Å²) in [5.41, 5.74) is 8.77. The number of nitrogens with one attached hydrogen (secondary N) is 1. The lowest BCUT2D eigenvalue weighted by Gasteiger charge is -2.18. The van der Waals surface area contributed by atoms with Gasteiger partial charge in [0.2, 0.25) is 0 Å². The molecule has 1 atom stereocenters. The second kappa shape index (κ2) is 4.79. The van der Waals surface area contributed by atoms with Crippen molar-refractivity contribution >= 4 is 0 Å². The summed E-state index contributed by atoms with van der Waals surface area (Å²) in [7, 11) is 0. The fourth-order valence-electron chi connectivity index (χ4n) is 2.41. The van der Waals surface area contributed by atoms with E-state index in [1.54, 1.807) is 0 Å². The highest BCUT2D eigenvalue weighted by Crippen LogP contribution is 2.40. The van der Waals surface area contributed by atoms with Gasteiger partial charge in [-0.05, 0) is 55.2 Å². The van der Waals surface area contributed by atoms with Crippen LogP contribution in [0.3, 0.4) is 0 Å². The molecule has 1 aromatic carbocycles. The molecular weight excluding hydrogens is 208 g/mol. The van der Waals surface area contributed by atoms with Gasteiger partial charge in [0.05, 0.1) is 0 Å². The van der Waals surface area contributed by atoms with E-state index in [4.69, 9.17) is 5.73 Å². The van der Waals surface area contributed by atoms with Crippen molar-refractivity contribution in [1.82, 2.24) is 5.32 Å². The lowest BCUT2D eigenvalue weighted by atomic mass is 10.0. The minimum Gasteiger partial charge on any atom is -0.329 e. The Morgan fingerprint density at radius 1 is 1.24 bits per heavy atom. The summed E-state index contributed by atoms with van der Waals surface area (Å²) >= 11 is 0. The molecule has 0 aliphatic heterocycles. The van der Waals surface area contributed by atoms with Crippen molar-refractivity contribution in [1.29, 1.82) is 0 Å². The van der Waals surface area contributed by atoms with E-state index in [1.807, 2.05) is 0 Å². The molecule has 2 saturated carbocycles. The molecule has 0 aromatic heterocycles. The summed E-state index contributed by atoms with van der Waals surface area (Å²) in [6.45, 7) is 1.83. The highest BCUT2D eigenvalue weighted by molar-refractivity contribution is 5.31. The molecule has 0 spiro atoms. The normalized spacial score (nSPS) is 21.5. The van der Waals surface area contributed by atoms with Crippen molar-refractivity contribution in [3.63, 3.8) is 0 Å². The van der Waals surface area contributed by atoms with Gasteiger partial charge in [0.25, 0.3) is 0 Å². The summed E-state index contributed by atoms with van der Waals surface area (Å²) in [6.07, 6.45) is 5.53. The molecular formula is C15H22N2. The minimum atomic E-state index is 0.342.